The van der Waals surface area contributed by atoms with E-state index in [0.29, 0.717) is 25.3 Å². The molecule has 3 aromatic carbocycles. The van der Waals surface area contributed by atoms with Crippen molar-refractivity contribution < 1.29 is 28.9 Å². The van der Waals surface area contributed by atoms with Crippen molar-refractivity contribution in [2.75, 3.05) is 13.1 Å². The number of aliphatic hydroxyl groups is 1. The zero-order valence-electron chi connectivity index (χ0n) is 26.7. The molecule has 0 heterocycles. The van der Waals surface area contributed by atoms with Crippen LogP contribution in [0, 0.1) is 5.92 Å². The number of rotatable bonds is 15. The van der Waals surface area contributed by atoms with Crippen molar-refractivity contribution in [2.45, 2.75) is 84.8 Å². The smallest absolute Gasteiger partial charge is 0.410 e. The molecule has 0 aliphatic carbocycles. The number of ether oxygens (including phenoxy) is 3. The van der Waals surface area contributed by atoms with Crippen LogP contribution < -0.4 is 10.1 Å². The molecular formula is C36H48N2O6. The number of hydrogen-bond acceptors (Lipinski definition) is 6. The fraction of sp³-hybridized carbons (Fsp3) is 0.444. The molecule has 0 spiro atoms. The molecule has 238 valence electrons. The Balaban J connectivity index is 1.73. The third-order valence-electron chi connectivity index (χ3n) is 7.30. The van der Waals surface area contributed by atoms with Crippen molar-refractivity contribution >= 4 is 12.2 Å². The molecular weight excluding hydrogens is 556 g/mol. The van der Waals surface area contributed by atoms with Gasteiger partial charge >= 0.3 is 12.2 Å². The fourth-order valence-corrected chi connectivity index (χ4v) is 4.70. The summed E-state index contributed by atoms with van der Waals surface area (Å²) in [6, 6.07) is 26.2. The van der Waals surface area contributed by atoms with E-state index in [9.17, 15) is 14.7 Å². The second-order valence-electron chi connectivity index (χ2n) is 12.1. The first-order chi connectivity index (χ1) is 21.1. The molecule has 3 aromatic rings. The maximum Gasteiger partial charge on any atom is 0.410 e. The molecule has 8 heteroatoms. The number of benzene rings is 3. The van der Waals surface area contributed by atoms with E-state index in [1.54, 1.807) is 25.7 Å². The van der Waals surface area contributed by atoms with Crippen LogP contribution in [0.5, 0.6) is 5.75 Å². The molecule has 0 unspecified atom stereocenters. The van der Waals surface area contributed by atoms with Crippen molar-refractivity contribution in [3.05, 3.63) is 102 Å². The Morgan fingerprint density at radius 3 is 1.91 bits per heavy atom. The number of carbonyl (C=O) groups excluding carboxylic acids is 2. The third kappa shape index (κ3) is 12.3. The summed E-state index contributed by atoms with van der Waals surface area (Å²) < 4.78 is 17.1. The van der Waals surface area contributed by atoms with E-state index in [-0.39, 0.29) is 19.1 Å². The maximum atomic E-state index is 13.3. The lowest BCUT2D eigenvalue weighted by atomic mass is 9.99. The molecule has 0 saturated carbocycles. The molecule has 3 rings (SSSR count). The third-order valence-corrected chi connectivity index (χ3v) is 7.30. The molecule has 44 heavy (non-hydrogen) atoms. The Labute approximate surface area is 262 Å². The van der Waals surface area contributed by atoms with Crippen molar-refractivity contribution in [2.24, 2.45) is 5.92 Å². The highest BCUT2D eigenvalue weighted by molar-refractivity contribution is 5.69. The normalized spacial score (nSPS) is 12.7. The number of nitrogens with one attached hydrogen (secondary N) is 1. The topological polar surface area (TPSA) is 97.3 Å². The van der Waals surface area contributed by atoms with Gasteiger partial charge in [0.05, 0.1) is 18.7 Å². The summed E-state index contributed by atoms with van der Waals surface area (Å²) in [6.45, 7) is 10.5. The first kappa shape index (κ1) is 34.5. The standard InChI is InChI=1S/C36H48N2O6/c1-6-27(7-2)23-38(35(41)43-26-30-16-12-9-13-17-30)24-33(39)32(37-34(40)44-36(3,4)5)22-28-18-20-31(21-19-28)42-25-29-14-10-8-11-15-29/h8-21,27,32-33,39H,6-7,22-26H2,1-5H3,(H,37,40)/t32-,33+/m0/s1. The van der Waals surface area contributed by atoms with E-state index >= 15 is 0 Å². The van der Waals surface area contributed by atoms with Crippen molar-refractivity contribution in [1.29, 1.82) is 0 Å². The van der Waals surface area contributed by atoms with E-state index in [2.05, 4.69) is 19.2 Å². The summed E-state index contributed by atoms with van der Waals surface area (Å²) in [6.07, 6.45) is -0.147. The van der Waals surface area contributed by atoms with Crippen LogP contribution in [0.3, 0.4) is 0 Å². The number of carbonyl (C=O) groups is 2. The van der Waals surface area contributed by atoms with Gasteiger partial charge in [-0.3, -0.25) is 0 Å². The number of hydrogen-bond donors (Lipinski definition) is 2. The zero-order chi connectivity index (χ0) is 32.0. The molecule has 0 aliphatic rings. The van der Waals surface area contributed by atoms with Gasteiger partial charge < -0.3 is 29.5 Å². The van der Waals surface area contributed by atoms with E-state index in [0.717, 1.165) is 29.5 Å². The summed E-state index contributed by atoms with van der Waals surface area (Å²) in [5.74, 6) is 0.958. The Bertz CT molecular complexity index is 1260. The predicted molar refractivity (Wildman–Crippen MR) is 172 cm³/mol. The molecule has 0 aliphatic heterocycles. The molecule has 2 atom stereocenters. The molecule has 0 radical (unpaired) electrons. The maximum absolute atomic E-state index is 13.3. The van der Waals surface area contributed by atoms with Gasteiger partial charge in [-0.2, -0.15) is 0 Å². The second-order valence-corrected chi connectivity index (χ2v) is 12.1. The first-order valence-electron chi connectivity index (χ1n) is 15.4. The SMILES string of the molecule is CCC(CC)CN(C[C@@H](O)[C@H](Cc1ccc(OCc2ccccc2)cc1)NC(=O)OC(C)(C)C)C(=O)OCc1ccccc1. The minimum atomic E-state index is -1.09. The van der Waals surface area contributed by atoms with Gasteiger partial charge in [0.25, 0.3) is 0 Å². The highest BCUT2D eigenvalue weighted by atomic mass is 16.6. The molecule has 0 aromatic heterocycles. The number of nitrogens with zero attached hydrogens (tertiary/aromatic N) is 1. The van der Waals surface area contributed by atoms with Crippen LogP contribution in [0.1, 0.15) is 64.2 Å². The lowest BCUT2D eigenvalue weighted by Gasteiger charge is -2.32. The summed E-state index contributed by atoms with van der Waals surface area (Å²) in [7, 11) is 0. The highest BCUT2D eigenvalue weighted by Crippen LogP contribution is 2.18. The number of aliphatic hydroxyl groups excluding tert-OH is 1. The highest BCUT2D eigenvalue weighted by Gasteiger charge is 2.29. The van der Waals surface area contributed by atoms with Gasteiger partial charge in [-0.05, 0) is 61.9 Å². The van der Waals surface area contributed by atoms with Gasteiger partial charge in [-0.25, -0.2) is 9.59 Å². The van der Waals surface area contributed by atoms with Crippen LogP contribution in [-0.4, -0.2) is 53.0 Å². The van der Waals surface area contributed by atoms with Gasteiger partial charge in [0.2, 0.25) is 0 Å². The van der Waals surface area contributed by atoms with Crippen molar-refractivity contribution in [3.63, 3.8) is 0 Å². The Morgan fingerprint density at radius 1 is 0.795 bits per heavy atom. The zero-order valence-corrected chi connectivity index (χ0v) is 26.7. The van der Waals surface area contributed by atoms with Crippen LogP contribution in [-0.2, 0) is 29.1 Å². The predicted octanol–water partition coefficient (Wildman–Crippen LogP) is 7.14. The number of alkyl carbamates (subject to hydrolysis) is 1. The van der Waals surface area contributed by atoms with E-state index in [4.69, 9.17) is 14.2 Å². The quantitative estimate of drug-likeness (QED) is 0.191. The monoisotopic (exact) mass is 604 g/mol. The molecule has 2 N–H and O–H groups in total. The van der Waals surface area contributed by atoms with Gasteiger partial charge in [0, 0.05) is 6.54 Å². The van der Waals surface area contributed by atoms with E-state index in [1.165, 1.54) is 0 Å². The van der Waals surface area contributed by atoms with Crippen LogP contribution in [0.4, 0.5) is 9.59 Å². The molecule has 0 fully saturated rings. The average molecular weight is 605 g/mol. The Morgan fingerprint density at radius 2 is 1.36 bits per heavy atom. The first-order valence-corrected chi connectivity index (χ1v) is 15.4. The fourth-order valence-electron chi connectivity index (χ4n) is 4.70. The minimum Gasteiger partial charge on any atom is -0.489 e. The van der Waals surface area contributed by atoms with Gasteiger partial charge in [0.15, 0.2) is 0 Å². The van der Waals surface area contributed by atoms with Crippen LogP contribution in [0.2, 0.25) is 0 Å². The summed E-state index contributed by atoms with van der Waals surface area (Å²) in [5, 5.41) is 14.3. The molecule has 0 saturated heterocycles. The lowest BCUT2D eigenvalue weighted by molar-refractivity contribution is 0.0315. The van der Waals surface area contributed by atoms with Gasteiger partial charge in [-0.1, -0.05) is 99.5 Å². The van der Waals surface area contributed by atoms with Crippen LogP contribution in [0.15, 0.2) is 84.9 Å². The lowest BCUT2D eigenvalue weighted by Crippen LogP contribution is -2.52. The number of amides is 2. The van der Waals surface area contributed by atoms with Crippen LogP contribution in [0.25, 0.3) is 0 Å². The summed E-state index contributed by atoms with van der Waals surface area (Å²) >= 11 is 0. The van der Waals surface area contributed by atoms with Gasteiger partial charge in [0.1, 0.15) is 24.6 Å². The van der Waals surface area contributed by atoms with E-state index in [1.807, 2.05) is 84.9 Å². The molecule has 0 bridgehead atoms. The second kappa shape index (κ2) is 17.3. The summed E-state index contributed by atoms with van der Waals surface area (Å²) in [4.78, 5) is 27.6. The minimum absolute atomic E-state index is 0.0111. The Hall–Kier alpha value is -4.04. The molecule has 2 amide bonds. The van der Waals surface area contributed by atoms with E-state index < -0.39 is 29.9 Å². The van der Waals surface area contributed by atoms with Crippen LogP contribution >= 0.6 is 0 Å². The summed E-state index contributed by atoms with van der Waals surface area (Å²) in [5.41, 5.74) is 2.13. The largest absolute Gasteiger partial charge is 0.489 e. The van der Waals surface area contributed by atoms with Crippen molar-refractivity contribution in [1.82, 2.24) is 10.2 Å². The average Bonchev–Trinajstić information content (AvgIpc) is 3.01. The van der Waals surface area contributed by atoms with Gasteiger partial charge in [-0.15, -0.1) is 0 Å². The Kier molecular flexibility index (Phi) is 13.5. The molecule has 8 nitrogen and oxygen atoms in total. The van der Waals surface area contributed by atoms with Crippen molar-refractivity contribution in [3.8, 4) is 5.75 Å².